The second kappa shape index (κ2) is 6.30. The van der Waals surface area contributed by atoms with Crippen molar-refractivity contribution in [2.45, 2.75) is 12.8 Å². The molecule has 0 saturated heterocycles. The van der Waals surface area contributed by atoms with E-state index in [4.69, 9.17) is 17.3 Å². The van der Waals surface area contributed by atoms with Gasteiger partial charge in [0.2, 0.25) is 0 Å². The summed E-state index contributed by atoms with van der Waals surface area (Å²) in [6.07, 6.45) is 1.74. The molecule has 1 aromatic rings. The fourth-order valence-corrected chi connectivity index (χ4v) is 1.56. The third-order valence-corrected chi connectivity index (χ3v) is 2.44. The quantitative estimate of drug-likeness (QED) is 0.457. The van der Waals surface area contributed by atoms with Gasteiger partial charge >= 0.3 is 0 Å². The predicted octanol–water partition coefficient (Wildman–Crippen LogP) is 2.40. The molecule has 0 amide bonds. The first-order chi connectivity index (χ1) is 7.66. The van der Waals surface area contributed by atoms with Crippen LogP contribution in [0, 0.1) is 10.1 Å². The third kappa shape index (κ3) is 3.36. The highest BCUT2D eigenvalue weighted by Crippen LogP contribution is 2.31. The molecule has 1 rings (SSSR count). The number of benzene rings is 1. The smallest absolute Gasteiger partial charge is 0.293 e. The van der Waals surface area contributed by atoms with E-state index in [1.54, 1.807) is 12.1 Å². The Hall–Kier alpha value is -1.33. The van der Waals surface area contributed by atoms with E-state index in [1.807, 2.05) is 0 Å². The van der Waals surface area contributed by atoms with Crippen LogP contribution in [0.1, 0.15) is 12.8 Å². The minimum absolute atomic E-state index is 0.000230. The van der Waals surface area contributed by atoms with Gasteiger partial charge in [0.15, 0.2) is 0 Å². The summed E-state index contributed by atoms with van der Waals surface area (Å²) in [5.41, 5.74) is 5.73. The summed E-state index contributed by atoms with van der Waals surface area (Å²) in [4.78, 5) is 10.3. The first-order valence-corrected chi connectivity index (χ1v) is 5.41. The van der Waals surface area contributed by atoms with Crippen molar-refractivity contribution < 1.29 is 4.92 Å². The van der Waals surface area contributed by atoms with Gasteiger partial charge in [0.1, 0.15) is 5.69 Å². The minimum Gasteiger partial charge on any atom is -0.378 e. The number of nitrogens with two attached hydrogens (primary N) is 1. The van der Waals surface area contributed by atoms with Crippen LogP contribution >= 0.6 is 11.6 Å². The van der Waals surface area contributed by atoms with Gasteiger partial charge in [0.05, 0.1) is 9.95 Å². The molecule has 0 radical (unpaired) electrons. The summed E-state index contributed by atoms with van der Waals surface area (Å²) in [7, 11) is 0. The fourth-order valence-electron chi connectivity index (χ4n) is 1.32. The van der Waals surface area contributed by atoms with Gasteiger partial charge in [0.25, 0.3) is 5.69 Å². The molecule has 0 bridgehead atoms. The Kier molecular flexibility index (Phi) is 5.01. The number of rotatable bonds is 6. The Morgan fingerprint density at radius 2 is 2.19 bits per heavy atom. The number of para-hydroxylation sites is 1. The normalized spacial score (nSPS) is 10.1. The standard InChI is InChI=1S/C10H14ClN3O2/c11-8-4-3-5-9(14(15)16)10(8)13-7-2-1-6-12/h3-5,13H,1-2,6-7,12H2. The maximum Gasteiger partial charge on any atom is 0.293 e. The second-order valence-corrected chi connectivity index (χ2v) is 3.72. The molecule has 0 spiro atoms. The lowest BCUT2D eigenvalue weighted by molar-refractivity contribution is -0.383. The van der Waals surface area contributed by atoms with Gasteiger partial charge in [-0.15, -0.1) is 0 Å². The zero-order valence-corrected chi connectivity index (χ0v) is 9.54. The van der Waals surface area contributed by atoms with E-state index in [0.29, 0.717) is 23.8 Å². The van der Waals surface area contributed by atoms with E-state index in [9.17, 15) is 10.1 Å². The number of anilines is 1. The number of hydrogen-bond acceptors (Lipinski definition) is 4. The zero-order valence-electron chi connectivity index (χ0n) is 8.78. The summed E-state index contributed by atoms with van der Waals surface area (Å²) in [6.45, 7) is 1.24. The van der Waals surface area contributed by atoms with Crippen molar-refractivity contribution >= 4 is 23.0 Å². The van der Waals surface area contributed by atoms with E-state index in [1.165, 1.54) is 6.07 Å². The van der Waals surface area contributed by atoms with E-state index in [2.05, 4.69) is 5.32 Å². The summed E-state index contributed by atoms with van der Waals surface area (Å²) in [5.74, 6) is 0. The topological polar surface area (TPSA) is 81.2 Å². The van der Waals surface area contributed by atoms with Gasteiger partial charge < -0.3 is 11.1 Å². The molecule has 0 saturated carbocycles. The fraction of sp³-hybridized carbons (Fsp3) is 0.400. The maximum atomic E-state index is 10.7. The lowest BCUT2D eigenvalue weighted by atomic mass is 10.2. The number of hydrogen-bond donors (Lipinski definition) is 2. The molecular formula is C10H14ClN3O2. The third-order valence-electron chi connectivity index (χ3n) is 2.12. The highest BCUT2D eigenvalue weighted by Gasteiger charge is 2.15. The monoisotopic (exact) mass is 243 g/mol. The van der Waals surface area contributed by atoms with Crippen LogP contribution in [0.5, 0.6) is 0 Å². The summed E-state index contributed by atoms with van der Waals surface area (Å²) >= 11 is 5.89. The molecule has 0 aliphatic carbocycles. The highest BCUT2D eigenvalue weighted by atomic mass is 35.5. The van der Waals surface area contributed by atoms with Gasteiger partial charge in [-0.05, 0) is 25.5 Å². The number of nitro benzene ring substituents is 1. The van der Waals surface area contributed by atoms with Gasteiger partial charge in [0, 0.05) is 12.6 Å². The van der Waals surface area contributed by atoms with Crippen LogP contribution in [0.4, 0.5) is 11.4 Å². The molecule has 6 heteroatoms. The van der Waals surface area contributed by atoms with Crippen molar-refractivity contribution in [1.82, 2.24) is 0 Å². The average Bonchev–Trinajstić information content (AvgIpc) is 2.25. The first kappa shape index (κ1) is 12.7. The summed E-state index contributed by atoms with van der Waals surface area (Å²) in [6, 6.07) is 4.61. The second-order valence-electron chi connectivity index (χ2n) is 3.31. The molecule has 16 heavy (non-hydrogen) atoms. The van der Waals surface area contributed by atoms with Gasteiger partial charge in [-0.2, -0.15) is 0 Å². The molecule has 0 aliphatic heterocycles. The van der Waals surface area contributed by atoms with Crippen LogP contribution in [0.15, 0.2) is 18.2 Å². The van der Waals surface area contributed by atoms with Crippen molar-refractivity contribution in [3.05, 3.63) is 33.3 Å². The van der Waals surface area contributed by atoms with Gasteiger partial charge in [-0.3, -0.25) is 10.1 Å². The maximum absolute atomic E-state index is 10.7. The lowest BCUT2D eigenvalue weighted by Crippen LogP contribution is -2.07. The Balaban J connectivity index is 2.73. The van der Waals surface area contributed by atoms with Crippen LogP contribution in [0.3, 0.4) is 0 Å². The van der Waals surface area contributed by atoms with E-state index >= 15 is 0 Å². The Bertz CT molecular complexity index is 371. The Morgan fingerprint density at radius 3 is 2.81 bits per heavy atom. The molecule has 5 nitrogen and oxygen atoms in total. The molecular weight excluding hydrogens is 230 g/mol. The number of unbranched alkanes of at least 4 members (excludes halogenated alkanes) is 1. The number of nitrogens with zero attached hydrogens (tertiary/aromatic N) is 1. The molecule has 0 aliphatic rings. The Labute approximate surface area is 98.7 Å². The number of halogens is 1. The summed E-state index contributed by atoms with van der Waals surface area (Å²) in [5, 5.41) is 14.1. The molecule has 0 heterocycles. The molecule has 88 valence electrons. The van der Waals surface area contributed by atoms with Crippen LogP contribution in [0.25, 0.3) is 0 Å². The average molecular weight is 244 g/mol. The Morgan fingerprint density at radius 1 is 1.44 bits per heavy atom. The lowest BCUT2D eigenvalue weighted by Gasteiger charge is -2.08. The SMILES string of the molecule is NCCCCNc1c(Cl)cccc1[N+](=O)[O-]. The molecule has 0 atom stereocenters. The van der Waals surface area contributed by atoms with Crippen molar-refractivity contribution in [1.29, 1.82) is 0 Å². The van der Waals surface area contributed by atoms with Crippen LogP contribution in [0.2, 0.25) is 5.02 Å². The van der Waals surface area contributed by atoms with Crippen LogP contribution < -0.4 is 11.1 Å². The van der Waals surface area contributed by atoms with Crippen molar-refractivity contribution in [3.63, 3.8) is 0 Å². The molecule has 1 aromatic carbocycles. The first-order valence-electron chi connectivity index (χ1n) is 5.03. The number of nitrogens with one attached hydrogen (secondary N) is 1. The van der Waals surface area contributed by atoms with Gasteiger partial charge in [-0.1, -0.05) is 17.7 Å². The number of nitro groups is 1. The molecule has 0 fully saturated rings. The minimum atomic E-state index is -0.447. The molecule has 0 aromatic heterocycles. The van der Waals surface area contributed by atoms with E-state index < -0.39 is 4.92 Å². The van der Waals surface area contributed by atoms with Gasteiger partial charge in [-0.25, -0.2) is 0 Å². The van der Waals surface area contributed by atoms with E-state index in [-0.39, 0.29) is 5.69 Å². The summed E-state index contributed by atoms with van der Waals surface area (Å²) < 4.78 is 0. The molecule has 0 unspecified atom stereocenters. The van der Waals surface area contributed by atoms with Crippen LogP contribution in [-0.2, 0) is 0 Å². The van der Waals surface area contributed by atoms with Crippen molar-refractivity contribution in [3.8, 4) is 0 Å². The predicted molar refractivity (Wildman–Crippen MR) is 64.9 cm³/mol. The molecule has 3 N–H and O–H groups in total. The van der Waals surface area contributed by atoms with Crippen molar-refractivity contribution in [2.24, 2.45) is 5.73 Å². The van der Waals surface area contributed by atoms with Crippen molar-refractivity contribution in [2.75, 3.05) is 18.4 Å². The zero-order chi connectivity index (χ0) is 12.0. The van der Waals surface area contributed by atoms with E-state index in [0.717, 1.165) is 12.8 Å². The largest absolute Gasteiger partial charge is 0.378 e. The van der Waals surface area contributed by atoms with Crippen LogP contribution in [-0.4, -0.2) is 18.0 Å². The highest BCUT2D eigenvalue weighted by molar-refractivity contribution is 6.33.